The predicted molar refractivity (Wildman–Crippen MR) is 254 cm³/mol. The lowest BCUT2D eigenvalue weighted by molar-refractivity contribution is 0.565. The molecule has 0 bridgehead atoms. The Hall–Kier alpha value is -7.00. The van der Waals surface area contributed by atoms with Crippen LogP contribution in [0.4, 0.5) is 17.1 Å². The molecule has 0 N–H and O–H groups in total. The van der Waals surface area contributed by atoms with Crippen LogP contribution in [-0.4, -0.2) is 0 Å². The lowest BCUT2D eigenvalue weighted by atomic mass is 9.54. The Kier molecular flexibility index (Phi) is 7.73. The van der Waals surface area contributed by atoms with Crippen molar-refractivity contribution >= 4 is 48.6 Å². The monoisotopic (exact) mass is 783 g/mol. The fourth-order valence-corrected chi connectivity index (χ4v) is 11.9. The Balaban J connectivity index is 1.01. The summed E-state index contributed by atoms with van der Waals surface area (Å²) < 4.78 is 2.65. The Bertz CT molecular complexity index is 3250. The van der Waals surface area contributed by atoms with Crippen LogP contribution in [0.15, 0.2) is 212 Å². The van der Waals surface area contributed by atoms with Crippen LogP contribution in [-0.2, 0) is 10.8 Å². The summed E-state index contributed by atoms with van der Waals surface area (Å²) in [6.07, 6.45) is 0. The number of anilines is 3. The SMILES string of the molecule is CC1(C)c2ccccc2C2(c3ccccc3-c3ccccc32)c2cccc(-c3cccc(N(c4ccccc4)c4ccc(-c5ccc6c(c5)sc5ccccc56)cc4)c3)c21. The Morgan fingerprint density at radius 3 is 1.67 bits per heavy atom. The van der Waals surface area contributed by atoms with Crippen LogP contribution >= 0.6 is 11.3 Å². The van der Waals surface area contributed by atoms with E-state index < -0.39 is 5.41 Å². The fourth-order valence-electron chi connectivity index (χ4n) is 10.8. The average Bonchev–Trinajstić information content (AvgIpc) is 3.83. The smallest absolute Gasteiger partial charge is 0.0719 e. The molecule has 0 amide bonds. The van der Waals surface area contributed by atoms with Gasteiger partial charge in [-0.3, -0.25) is 0 Å². The highest BCUT2D eigenvalue weighted by Crippen LogP contribution is 2.63. The van der Waals surface area contributed by atoms with Gasteiger partial charge in [-0.1, -0.05) is 178 Å². The number of rotatable bonds is 5. The van der Waals surface area contributed by atoms with Crippen LogP contribution in [0.25, 0.3) is 53.6 Å². The van der Waals surface area contributed by atoms with Crippen molar-refractivity contribution in [3.05, 3.63) is 246 Å². The van der Waals surface area contributed by atoms with Gasteiger partial charge in [-0.2, -0.15) is 0 Å². The molecule has 1 nitrogen and oxygen atoms in total. The number of para-hydroxylation sites is 1. The molecule has 10 aromatic rings. The highest BCUT2D eigenvalue weighted by Gasteiger charge is 2.53. The van der Waals surface area contributed by atoms with Crippen LogP contribution < -0.4 is 4.90 Å². The van der Waals surface area contributed by atoms with Gasteiger partial charge >= 0.3 is 0 Å². The molecular formula is C58H41NS. The Labute approximate surface area is 355 Å². The summed E-state index contributed by atoms with van der Waals surface area (Å²) in [7, 11) is 0. The van der Waals surface area contributed by atoms with E-state index in [-0.39, 0.29) is 5.41 Å². The molecule has 60 heavy (non-hydrogen) atoms. The van der Waals surface area contributed by atoms with E-state index in [0.717, 1.165) is 17.1 Å². The van der Waals surface area contributed by atoms with Crippen molar-refractivity contribution in [1.82, 2.24) is 0 Å². The molecule has 0 fully saturated rings. The van der Waals surface area contributed by atoms with Gasteiger partial charge in [0.25, 0.3) is 0 Å². The lowest BCUT2D eigenvalue weighted by Gasteiger charge is -2.47. The third-order valence-electron chi connectivity index (χ3n) is 13.3. The first kappa shape index (κ1) is 35.0. The first-order chi connectivity index (χ1) is 29.5. The van der Waals surface area contributed by atoms with Gasteiger partial charge in [-0.05, 0) is 115 Å². The topological polar surface area (TPSA) is 3.24 Å². The maximum absolute atomic E-state index is 2.42. The number of benzene rings is 9. The van der Waals surface area contributed by atoms with E-state index in [1.807, 2.05) is 11.3 Å². The van der Waals surface area contributed by atoms with Crippen LogP contribution in [0.3, 0.4) is 0 Å². The number of thiophene rings is 1. The van der Waals surface area contributed by atoms with Crippen LogP contribution in [0.1, 0.15) is 47.2 Å². The first-order valence-electron chi connectivity index (χ1n) is 20.9. The number of hydrogen-bond acceptors (Lipinski definition) is 2. The molecule has 12 rings (SSSR count). The molecule has 0 unspecified atom stereocenters. The van der Waals surface area contributed by atoms with Gasteiger partial charge in [0.2, 0.25) is 0 Å². The van der Waals surface area contributed by atoms with E-state index in [1.54, 1.807) is 0 Å². The van der Waals surface area contributed by atoms with Gasteiger partial charge in [0.1, 0.15) is 0 Å². The summed E-state index contributed by atoms with van der Waals surface area (Å²) in [6, 6.07) is 79.1. The molecule has 0 saturated heterocycles. The second-order valence-electron chi connectivity index (χ2n) is 16.8. The number of hydrogen-bond donors (Lipinski definition) is 0. The summed E-state index contributed by atoms with van der Waals surface area (Å²) in [4.78, 5) is 2.39. The van der Waals surface area contributed by atoms with Crippen LogP contribution in [0.5, 0.6) is 0 Å². The van der Waals surface area contributed by atoms with Gasteiger partial charge < -0.3 is 4.90 Å². The van der Waals surface area contributed by atoms with Crippen molar-refractivity contribution in [1.29, 1.82) is 0 Å². The normalized spacial score (nSPS) is 14.1. The second kappa shape index (κ2) is 13.3. The van der Waals surface area contributed by atoms with Crippen molar-refractivity contribution in [3.8, 4) is 33.4 Å². The van der Waals surface area contributed by atoms with Gasteiger partial charge in [0, 0.05) is 42.6 Å². The van der Waals surface area contributed by atoms with Gasteiger partial charge in [0.15, 0.2) is 0 Å². The van der Waals surface area contributed by atoms with E-state index in [2.05, 4.69) is 231 Å². The maximum Gasteiger partial charge on any atom is 0.0719 e. The van der Waals surface area contributed by atoms with E-state index >= 15 is 0 Å². The molecule has 1 aromatic heterocycles. The highest BCUT2D eigenvalue weighted by molar-refractivity contribution is 7.25. The van der Waals surface area contributed by atoms with Crippen molar-refractivity contribution in [2.45, 2.75) is 24.7 Å². The minimum atomic E-state index is -0.429. The summed E-state index contributed by atoms with van der Waals surface area (Å²) in [5, 5.41) is 2.66. The molecule has 284 valence electrons. The molecule has 9 aromatic carbocycles. The summed E-state index contributed by atoms with van der Waals surface area (Å²) >= 11 is 1.87. The Morgan fingerprint density at radius 2 is 0.900 bits per heavy atom. The van der Waals surface area contributed by atoms with Crippen molar-refractivity contribution < 1.29 is 0 Å². The zero-order chi connectivity index (χ0) is 40.0. The third kappa shape index (κ3) is 4.98. The molecule has 0 aliphatic heterocycles. The zero-order valence-corrected chi connectivity index (χ0v) is 34.4. The molecule has 2 aliphatic carbocycles. The molecule has 2 heteroatoms. The van der Waals surface area contributed by atoms with Crippen LogP contribution in [0.2, 0.25) is 0 Å². The minimum Gasteiger partial charge on any atom is -0.310 e. The molecular weight excluding hydrogens is 743 g/mol. The number of nitrogens with zero attached hydrogens (tertiary/aromatic N) is 1. The van der Waals surface area contributed by atoms with Gasteiger partial charge in [-0.15, -0.1) is 11.3 Å². The van der Waals surface area contributed by atoms with E-state index in [9.17, 15) is 0 Å². The van der Waals surface area contributed by atoms with E-state index in [0.29, 0.717) is 0 Å². The van der Waals surface area contributed by atoms with Gasteiger partial charge in [0.05, 0.1) is 5.41 Å². The first-order valence-corrected chi connectivity index (χ1v) is 21.7. The molecule has 0 atom stereocenters. The summed E-state index contributed by atoms with van der Waals surface area (Å²) in [5.74, 6) is 0. The fraction of sp³-hybridized carbons (Fsp3) is 0.0690. The quantitative estimate of drug-likeness (QED) is 0.168. The lowest BCUT2D eigenvalue weighted by Crippen LogP contribution is -2.41. The second-order valence-corrected chi connectivity index (χ2v) is 17.9. The minimum absolute atomic E-state index is 0.260. The van der Waals surface area contributed by atoms with Crippen molar-refractivity contribution in [3.63, 3.8) is 0 Å². The largest absolute Gasteiger partial charge is 0.310 e. The van der Waals surface area contributed by atoms with Crippen molar-refractivity contribution in [2.75, 3.05) is 4.90 Å². The zero-order valence-electron chi connectivity index (χ0n) is 33.6. The average molecular weight is 784 g/mol. The third-order valence-corrected chi connectivity index (χ3v) is 14.5. The standard InChI is InChI=1S/C58H41NS/c1-57(2)51-26-11-12-27-52(51)58(49-24-9-6-20-45(49)46-21-7-10-25-50(46)58)53-28-15-23-44(56(53)57)40-16-14-19-43(36-40)59(41-17-4-3-5-18-41)42-33-30-38(31-34-42)39-32-35-48-47-22-8-13-29-54(47)60-55(48)37-39/h3-37H,1-2H3. The van der Waals surface area contributed by atoms with E-state index in [4.69, 9.17) is 0 Å². The molecule has 2 aliphatic rings. The molecule has 1 heterocycles. The maximum atomic E-state index is 2.42. The molecule has 0 radical (unpaired) electrons. The summed E-state index contributed by atoms with van der Waals surface area (Å²) in [5.41, 5.74) is 18.5. The van der Waals surface area contributed by atoms with E-state index in [1.165, 1.54) is 86.9 Å². The summed E-state index contributed by atoms with van der Waals surface area (Å²) in [6.45, 7) is 4.85. The number of fused-ring (bicyclic) bond motifs is 12. The Morgan fingerprint density at radius 1 is 0.350 bits per heavy atom. The molecule has 0 saturated carbocycles. The van der Waals surface area contributed by atoms with Crippen molar-refractivity contribution in [2.24, 2.45) is 0 Å². The van der Waals surface area contributed by atoms with Crippen LogP contribution in [0, 0.1) is 0 Å². The highest BCUT2D eigenvalue weighted by atomic mass is 32.1. The molecule has 1 spiro atoms. The van der Waals surface area contributed by atoms with Gasteiger partial charge in [-0.25, -0.2) is 0 Å². The predicted octanol–water partition coefficient (Wildman–Crippen LogP) is 15.9.